The first kappa shape index (κ1) is 19.3. The molecule has 7 heteroatoms. The predicted molar refractivity (Wildman–Crippen MR) is 99.4 cm³/mol. The Bertz CT molecular complexity index is 755. The molecule has 1 aliphatic heterocycles. The molecule has 1 saturated heterocycles. The number of carbonyl (C=O) groups excluding carboxylic acids is 1. The quantitative estimate of drug-likeness (QED) is 0.815. The van der Waals surface area contributed by atoms with Crippen LogP contribution in [0, 0.1) is 5.92 Å². The van der Waals surface area contributed by atoms with Gasteiger partial charge in [-0.1, -0.05) is 6.07 Å². The number of rotatable bonds is 6. The summed E-state index contributed by atoms with van der Waals surface area (Å²) in [7, 11) is -1.88. The van der Waals surface area contributed by atoms with Gasteiger partial charge < -0.3 is 10.1 Å². The zero-order valence-electron chi connectivity index (χ0n) is 15.5. The van der Waals surface area contributed by atoms with Gasteiger partial charge in [-0.3, -0.25) is 4.79 Å². The Morgan fingerprint density at radius 1 is 1.27 bits per heavy atom. The van der Waals surface area contributed by atoms with Crippen molar-refractivity contribution in [3.63, 3.8) is 0 Å². The molecule has 1 atom stereocenters. The van der Waals surface area contributed by atoms with Crippen LogP contribution in [-0.4, -0.2) is 51.5 Å². The van der Waals surface area contributed by atoms with Crippen LogP contribution in [0.15, 0.2) is 23.1 Å². The molecular weight excluding hydrogens is 352 g/mol. The van der Waals surface area contributed by atoms with Gasteiger partial charge in [0.05, 0.1) is 11.5 Å². The van der Waals surface area contributed by atoms with Crippen molar-refractivity contribution >= 4 is 15.9 Å². The van der Waals surface area contributed by atoms with Gasteiger partial charge in [-0.15, -0.1) is 0 Å². The fourth-order valence-electron chi connectivity index (χ4n) is 3.87. The van der Waals surface area contributed by atoms with E-state index in [9.17, 15) is 13.2 Å². The molecular formula is C19H28N2O4S. The van der Waals surface area contributed by atoms with Crippen LogP contribution in [0.1, 0.15) is 37.3 Å². The van der Waals surface area contributed by atoms with Gasteiger partial charge >= 0.3 is 0 Å². The second-order valence-electron chi connectivity index (χ2n) is 7.33. The van der Waals surface area contributed by atoms with Crippen LogP contribution in [-0.2, 0) is 32.4 Å². The number of nitrogens with zero attached hydrogens (tertiary/aromatic N) is 1. The molecule has 0 spiro atoms. The number of nitrogens with one attached hydrogen (secondary N) is 1. The van der Waals surface area contributed by atoms with E-state index >= 15 is 0 Å². The van der Waals surface area contributed by atoms with Gasteiger partial charge in [0.2, 0.25) is 15.9 Å². The van der Waals surface area contributed by atoms with Crippen molar-refractivity contribution in [3.05, 3.63) is 29.3 Å². The van der Waals surface area contributed by atoms with Crippen LogP contribution < -0.4 is 5.32 Å². The SMILES string of the molecule is COC[C@@H](C)NC(=O)C1CCN(S(=O)(=O)c2ccc3c(c2)CCC3)CC1. The summed E-state index contributed by atoms with van der Waals surface area (Å²) in [6.07, 6.45) is 4.20. The topological polar surface area (TPSA) is 75.7 Å². The van der Waals surface area contributed by atoms with Crippen LogP contribution in [0.4, 0.5) is 0 Å². The first-order valence-electron chi connectivity index (χ1n) is 9.33. The van der Waals surface area contributed by atoms with Crippen molar-refractivity contribution < 1.29 is 17.9 Å². The van der Waals surface area contributed by atoms with Gasteiger partial charge in [0.15, 0.2) is 0 Å². The van der Waals surface area contributed by atoms with E-state index in [-0.39, 0.29) is 17.9 Å². The highest BCUT2D eigenvalue weighted by Crippen LogP contribution is 2.28. The van der Waals surface area contributed by atoms with Crippen LogP contribution >= 0.6 is 0 Å². The van der Waals surface area contributed by atoms with Crippen LogP contribution in [0.3, 0.4) is 0 Å². The largest absolute Gasteiger partial charge is 0.383 e. The molecule has 3 rings (SSSR count). The highest BCUT2D eigenvalue weighted by Gasteiger charge is 2.32. The second-order valence-corrected chi connectivity index (χ2v) is 9.27. The molecule has 0 radical (unpaired) electrons. The lowest BCUT2D eigenvalue weighted by atomic mass is 9.97. The normalized spacial score (nSPS) is 19.9. The van der Waals surface area contributed by atoms with E-state index in [4.69, 9.17) is 4.74 Å². The summed E-state index contributed by atoms with van der Waals surface area (Å²) in [4.78, 5) is 12.7. The minimum Gasteiger partial charge on any atom is -0.383 e. The molecule has 0 bridgehead atoms. The molecule has 1 aromatic rings. The van der Waals surface area contributed by atoms with Gasteiger partial charge in [-0.2, -0.15) is 4.31 Å². The van der Waals surface area contributed by atoms with Crippen LogP contribution in [0.2, 0.25) is 0 Å². The highest BCUT2D eigenvalue weighted by atomic mass is 32.2. The van der Waals surface area contributed by atoms with E-state index in [0.29, 0.717) is 37.4 Å². The Balaban J connectivity index is 1.61. The Hall–Kier alpha value is -1.44. The number of fused-ring (bicyclic) bond motifs is 1. The molecule has 1 heterocycles. The van der Waals surface area contributed by atoms with Gasteiger partial charge in [0, 0.05) is 32.2 Å². The lowest BCUT2D eigenvalue weighted by molar-refractivity contribution is -0.127. The van der Waals surface area contributed by atoms with Crippen molar-refractivity contribution in [2.75, 3.05) is 26.8 Å². The smallest absolute Gasteiger partial charge is 0.243 e. The van der Waals surface area contributed by atoms with Gasteiger partial charge in [0.25, 0.3) is 0 Å². The van der Waals surface area contributed by atoms with E-state index < -0.39 is 10.0 Å². The van der Waals surface area contributed by atoms with Crippen molar-refractivity contribution in [2.24, 2.45) is 5.92 Å². The number of sulfonamides is 1. The number of piperidine rings is 1. The molecule has 0 unspecified atom stereocenters. The Morgan fingerprint density at radius 3 is 2.65 bits per heavy atom. The Morgan fingerprint density at radius 2 is 1.96 bits per heavy atom. The summed E-state index contributed by atoms with van der Waals surface area (Å²) in [6, 6.07) is 5.47. The first-order chi connectivity index (χ1) is 12.4. The molecule has 6 nitrogen and oxygen atoms in total. The summed E-state index contributed by atoms with van der Waals surface area (Å²) >= 11 is 0. The zero-order valence-corrected chi connectivity index (χ0v) is 16.3. The summed E-state index contributed by atoms with van der Waals surface area (Å²) in [5.41, 5.74) is 2.43. The number of benzene rings is 1. The van der Waals surface area contributed by atoms with E-state index in [2.05, 4.69) is 5.32 Å². The maximum Gasteiger partial charge on any atom is 0.243 e. The standard InChI is InChI=1S/C19H28N2O4S/c1-14(13-25-2)20-19(22)16-8-10-21(11-9-16)26(23,24)18-7-6-15-4-3-5-17(15)12-18/h6-7,12,14,16H,3-5,8-11,13H2,1-2H3,(H,20,22)/t14-/m1/s1. The lowest BCUT2D eigenvalue weighted by Crippen LogP contribution is -2.45. The Labute approximate surface area is 156 Å². The molecule has 1 fully saturated rings. The van der Waals surface area contributed by atoms with Crippen molar-refractivity contribution in [1.29, 1.82) is 0 Å². The third-order valence-electron chi connectivity index (χ3n) is 5.34. The van der Waals surface area contributed by atoms with Gasteiger partial charge in [-0.25, -0.2) is 8.42 Å². The Kier molecular flexibility index (Phi) is 5.99. The number of methoxy groups -OCH3 is 1. The van der Waals surface area contributed by atoms with E-state index in [1.165, 1.54) is 9.87 Å². The summed E-state index contributed by atoms with van der Waals surface area (Å²) in [5, 5.41) is 2.93. The fourth-order valence-corrected chi connectivity index (χ4v) is 5.39. The van der Waals surface area contributed by atoms with Crippen molar-refractivity contribution in [3.8, 4) is 0 Å². The molecule has 1 aliphatic carbocycles. The third-order valence-corrected chi connectivity index (χ3v) is 7.23. The first-order valence-corrected chi connectivity index (χ1v) is 10.8. The minimum absolute atomic E-state index is 0.0101. The number of carbonyl (C=O) groups is 1. The predicted octanol–water partition coefficient (Wildman–Crippen LogP) is 1.73. The highest BCUT2D eigenvalue weighted by molar-refractivity contribution is 7.89. The zero-order chi connectivity index (χ0) is 18.7. The maximum absolute atomic E-state index is 12.9. The number of amides is 1. The minimum atomic E-state index is -3.48. The van der Waals surface area contributed by atoms with Crippen molar-refractivity contribution in [2.45, 2.75) is 50.0 Å². The molecule has 0 saturated carbocycles. The number of ether oxygens (including phenoxy) is 1. The fraction of sp³-hybridized carbons (Fsp3) is 0.632. The summed E-state index contributed by atoms with van der Waals surface area (Å²) in [5.74, 6) is -0.148. The molecule has 26 heavy (non-hydrogen) atoms. The number of hydrogen-bond donors (Lipinski definition) is 1. The third kappa shape index (κ3) is 4.10. The van der Waals surface area contributed by atoms with E-state index in [1.807, 2.05) is 19.1 Å². The van der Waals surface area contributed by atoms with E-state index in [1.54, 1.807) is 13.2 Å². The molecule has 2 aliphatic rings. The van der Waals surface area contributed by atoms with Crippen LogP contribution in [0.25, 0.3) is 0 Å². The molecule has 1 aromatic carbocycles. The van der Waals surface area contributed by atoms with Crippen LogP contribution in [0.5, 0.6) is 0 Å². The molecule has 1 N–H and O–H groups in total. The molecule has 1 amide bonds. The number of aryl methyl sites for hydroxylation is 2. The lowest BCUT2D eigenvalue weighted by Gasteiger charge is -2.31. The summed E-state index contributed by atoms with van der Waals surface area (Å²) in [6.45, 7) is 3.14. The average Bonchev–Trinajstić information content (AvgIpc) is 3.09. The number of hydrogen-bond acceptors (Lipinski definition) is 4. The second kappa shape index (κ2) is 8.06. The molecule has 0 aromatic heterocycles. The van der Waals surface area contributed by atoms with E-state index in [0.717, 1.165) is 24.8 Å². The van der Waals surface area contributed by atoms with Crippen molar-refractivity contribution in [1.82, 2.24) is 9.62 Å². The average molecular weight is 381 g/mol. The van der Waals surface area contributed by atoms with Gasteiger partial charge in [0.1, 0.15) is 0 Å². The maximum atomic E-state index is 12.9. The molecule has 144 valence electrons. The monoisotopic (exact) mass is 380 g/mol. The van der Waals surface area contributed by atoms with Gasteiger partial charge in [-0.05, 0) is 62.3 Å². The summed E-state index contributed by atoms with van der Waals surface area (Å²) < 4.78 is 32.4.